The van der Waals surface area contributed by atoms with Gasteiger partial charge < -0.3 is 10.2 Å². The third kappa shape index (κ3) is 3.83. The predicted molar refractivity (Wildman–Crippen MR) is 70.5 cm³/mol. The highest BCUT2D eigenvalue weighted by atomic mass is 19.4. The van der Waals surface area contributed by atoms with Gasteiger partial charge >= 0.3 is 6.18 Å². The number of aromatic nitrogens is 2. The second kappa shape index (κ2) is 6.28. The van der Waals surface area contributed by atoms with E-state index in [-0.39, 0.29) is 12.0 Å². The Kier molecular flexibility index (Phi) is 4.64. The van der Waals surface area contributed by atoms with Crippen LogP contribution in [0.2, 0.25) is 0 Å². The van der Waals surface area contributed by atoms with Crippen LogP contribution in [0.25, 0.3) is 0 Å². The van der Waals surface area contributed by atoms with Gasteiger partial charge in [0.2, 0.25) is 12.4 Å². The number of alkyl halides is 3. The molecular formula is C13H17F3N4O. The lowest BCUT2D eigenvalue weighted by molar-refractivity contribution is -0.138. The van der Waals surface area contributed by atoms with Crippen molar-refractivity contribution in [1.29, 1.82) is 0 Å². The van der Waals surface area contributed by atoms with Crippen molar-refractivity contribution in [2.24, 2.45) is 5.92 Å². The average Bonchev–Trinajstić information content (AvgIpc) is 2.45. The number of rotatable bonds is 4. The summed E-state index contributed by atoms with van der Waals surface area (Å²) in [6, 6.07) is 0.00198. The van der Waals surface area contributed by atoms with Gasteiger partial charge in [-0.3, -0.25) is 4.79 Å². The number of nitrogens with one attached hydrogen (secondary N) is 1. The smallest absolute Gasteiger partial charge is 0.352 e. The fourth-order valence-electron chi connectivity index (χ4n) is 2.49. The van der Waals surface area contributed by atoms with Gasteiger partial charge in [0.25, 0.3) is 0 Å². The lowest BCUT2D eigenvalue weighted by atomic mass is 9.91. The number of piperidine rings is 1. The van der Waals surface area contributed by atoms with E-state index in [1.54, 1.807) is 4.90 Å². The molecule has 0 spiro atoms. The van der Waals surface area contributed by atoms with Crippen molar-refractivity contribution in [3.63, 3.8) is 0 Å². The van der Waals surface area contributed by atoms with E-state index in [1.807, 2.05) is 0 Å². The van der Waals surface area contributed by atoms with Crippen LogP contribution in [0.4, 0.5) is 19.1 Å². The summed E-state index contributed by atoms with van der Waals surface area (Å²) in [5, 5.41) is 2.90. The number of nitrogens with zero attached hydrogens (tertiary/aromatic N) is 3. The Morgan fingerprint density at radius 3 is 2.67 bits per heavy atom. The molecule has 8 heteroatoms. The maximum atomic E-state index is 12.4. The van der Waals surface area contributed by atoms with E-state index in [9.17, 15) is 18.0 Å². The fraction of sp³-hybridized carbons (Fsp3) is 0.615. The van der Waals surface area contributed by atoms with E-state index in [4.69, 9.17) is 0 Å². The Balaban J connectivity index is 1.97. The van der Waals surface area contributed by atoms with E-state index in [1.165, 1.54) is 0 Å². The molecule has 21 heavy (non-hydrogen) atoms. The first kappa shape index (κ1) is 15.5. The van der Waals surface area contributed by atoms with E-state index in [0.29, 0.717) is 19.0 Å². The van der Waals surface area contributed by atoms with E-state index in [2.05, 4.69) is 22.2 Å². The number of likely N-dealkylation sites (tertiary alicyclic amines) is 1. The first-order valence-electron chi connectivity index (χ1n) is 6.76. The lowest BCUT2D eigenvalue weighted by Crippen LogP contribution is -2.47. The SMILES string of the molecule is C[C@@H]1CCCN(C=O)[C@@H]1CNc1ncc(C(F)(F)F)cn1. The van der Waals surface area contributed by atoms with Crippen LogP contribution in [0.1, 0.15) is 25.3 Å². The van der Waals surface area contributed by atoms with Crippen molar-refractivity contribution in [2.75, 3.05) is 18.4 Å². The molecule has 2 rings (SSSR count). The van der Waals surface area contributed by atoms with Crippen LogP contribution in [0.3, 0.4) is 0 Å². The molecule has 0 saturated carbocycles. The van der Waals surface area contributed by atoms with Crippen molar-refractivity contribution in [2.45, 2.75) is 32.0 Å². The highest BCUT2D eigenvalue weighted by Gasteiger charge is 2.31. The van der Waals surface area contributed by atoms with Crippen molar-refractivity contribution in [3.8, 4) is 0 Å². The van der Waals surface area contributed by atoms with Gasteiger partial charge in [-0.05, 0) is 18.8 Å². The van der Waals surface area contributed by atoms with Crippen LogP contribution in [0.5, 0.6) is 0 Å². The quantitative estimate of drug-likeness (QED) is 0.866. The molecule has 1 amide bonds. The molecule has 2 atom stereocenters. The second-order valence-electron chi connectivity index (χ2n) is 5.20. The molecule has 0 aromatic carbocycles. The monoisotopic (exact) mass is 302 g/mol. The maximum Gasteiger partial charge on any atom is 0.419 e. The topological polar surface area (TPSA) is 58.1 Å². The molecule has 1 aromatic heterocycles. The van der Waals surface area contributed by atoms with Crippen LogP contribution in [-0.2, 0) is 11.0 Å². The number of carbonyl (C=O) groups excluding carboxylic acids is 1. The minimum absolute atomic E-state index is 0.00198. The Labute approximate surface area is 120 Å². The summed E-state index contributed by atoms with van der Waals surface area (Å²) < 4.78 is 37.2. The fourth-order valence-corrected chi connectivity index (χ4v) is 2.49. The predicted octanol–water partition coefficient (Wildman–Crippen LogP) is 2.16. The van der Waals surface area contributed by atoms with Crippen molar-refractivity contribution < 1.29 is 18.0 Å². The molecular weight excluding hydrogens is 285 g/mol. The molecule has 116 valence electrons. The number of carbonyl (C=O) groups is 1. The van der Waals surface area contributed by atoms with Gasteiger partial charge in [-0.2, -0.15) is 13.2 Å². The van der Waals surface area contributed by atoms with Gasteiger partial charge in [-0.1, -0.05) is 6.92 Å². The molecule has 1 fully saturated rings. The average molecular weight is 302 g/mol. The minimum atomic E-state index is -4.44. The molecule has 0 bridgehead atoms. The Hall–Kier alpha value is -1.86. The molecule has 0 unspecified atom stereocenters. The van der Waals surface area contributed by atoms with Crippen LogP contribution < -0.4 is 5.32 Å². The Bertz CT molecular complexity index is 477. The largest absolute Gasteiger partial charge is 0.419 e. The van der Waals surface area contributed by atoms with Crippen molar-refractivity contribution in [3.05, 3.63) is 18.0 Å². The molecule has 5 nitrogen and oxygen atoms in total. The van der Waals surface area contributed by atoms with Gasteiger partial charge in [0.1, 0.15) is 0 Å². The third-order valence-corrected chi connectivity index (χ3v) is 3.74. The number of amides is 1. The van der Waals surface area contributed by atoms with Crippen molar-refractivity contribution >= 4 is 12.4 Å². The van der Waals surface area contributed by atoms with Crippen LogP contribution in [0, 0.1) is 5.92 Å². The van der Waals surface area contributed by atoms with Gasteiger partial charge in [0.05, 0.1) is 11.6 Å². The molecule has 2 heterocycles. The number of hydrogen-bond donors (Lipinski definition) is 1. The first-order chi connectivity index (χ1) is 9.91. The summed E-state index contributed by atoms with van der Waals surface area (Å²) in [6.07, 6.45) is -0.146. The molecule has 1 aliphatic heterocycles. The number of anilines is 1. The van der Waals surface area contributed by atoms with Gasteiger partial charge in [-0.15, -0.1) is 0 Å². The zero-order valence-corrected chi connectivity index (χ0v) is 11.6. The molecule has 1 N–H and O–H groups in total. The standard InChI is InChI=1S/C13H17F3N4O/c1-9-3-2-4-20(8-21)11(9)7-19-12-17-5-10(6-18-12)13(14,15)16/h5-6,8-9,11H,2-4,7H2,1H3,(H,17,18,19)/t9-,11-/m1/s1. The zero-order valence-electron chi connectivity index (χ0n) is 11.6. The second-order valence-corrected chi connectivity index (χ2v) is 5.20. The van der Waals surface area contributed by atoms with Crippen LogP contribution >= 0.6 is 0 Å². The summed E-state index contributed by atoms with van der Waals surface area (Å²) in [6.45, 7) is 3.18. The van der Waals surface area contributed by atoms with Crippen LogP contribution in [0.15, 0.2) is 12.4 Å². The van der Waals surface area contributed by atoms with Crippen LogP contribution in [-0.4, -0.2) is 40.4 Å². The molecule has 0 aliphatic carbocycles. The van der Waals surface area contributed by atoms with Gasteiger partial charge in [0.15, 0.2) is 0 Å². The summed E-state index contributed by atoms with van der Waals surface area (Å²) in [5.74, 6) is 0.456. The summed E-state index contributed by atoms with van der Waals surface area (Å²) in [4.78, 5) is 20.1. The molecule has 1 aliphatic rings. The van der Waals surface area contributed by atoms with Gasteiger partial charge in [0, 0.05) is 25.5 Å². The highest BCUT2D eigenvalue weighted by Crippen LogP contribution is 2.28. The highest BCUT2D eigenvalue weighted by molar-refractivity contribution is 5.48. The minimum Gasteiger partial charge on any atom is -0.352 e. The van der Waals surface area contributed by atoms with E-state index < -0.39 is 11.7 Å². The third-order valence-electron chi connectivity index (χ3n) is 3.74. The summed E-state index contributed by atoms with van der Waals surface area (Å²) in [5.41, 5.74) is -0.881. The summed E-state index contributed by atoms with van der Waals surface area (Å²) >= 11 is 0. The molecule has 1 aromatic rings. The first-order valence-corrected chi connectivity index (χ1v) is 6.76. The van der Waals surface area contributed by atoms with E-state index in [0.717, 1.165) is 31.6 Å². The normalized spacial score (nSPS) is 23.0. The van der Waals surface area contributed by atoms with Gasteiger partial charge in [-0.25, -0.2) is 9.97 Å². The lowest BCUT2D eigenvalue weighted by Gasteiger charge is -2.37. The zero-order chi connectivity index (χ0) is 15.5. The Morgan fingerprint density at radius 2 is 2.10 bits per heavy atom. The Morgan fingerprint density at radius 1 is 1.43 bits per heavy atom. The maximum absolute atomic E-state index is 12.4. The molecule has 1 saturated heterocycles. The number of halogens is 3. The number of hydrogen-bond acceptors (Lipinski definition) is 4. The summed E-state index contributed by atoms with van der Waals surface area (Å²) in [7, 11) is 0. The van der Waals surface area contributed by atoms with E-state index >= 15 is 0 Å². The molecule has 0 radical (unpaired) electrons. The van der Waals surface area contributed by atoms with Crippen molar-refractivity contribution in [1.82, 2.24) is 14.9 Å².